The van der Waals surface area contributed by atoms with Crippen molar-refractivity contribution in [3.63, 3.8) is 0 Å². The average molecular weight is 485 g/mol. The molecule has 1 unspecified atom stereocenters. The molecule has 1 heterocycles. The smallest absolute Gasteiger partial charge is 0.295 e. The van der Waals surface area contributed by atoms with Crippen LogP contribution in [0.5, 0.6) is 5.75 Å². The monoisotopic (exact) mass is 484 g/mol. The van der Waals surface area contributed by atoms with E-state index in [0.29, 0.717) is 31.0 Å². The molecule has 2 aromatic rings. The van der Waals surface area contributed by atoms with Crippen molar-refractivity contribution >= 4 is 33.4 Å². The van der Waals surface area contributed by atoms with Gasteiger partial charge in [-0.25, -0.2) is 0 Å². The first-order valence-electron chi connectivity index (χ1n) is 9.86. The third-order valence-corrected chi connectivity index (χ3v) is 5.48. The number of carbonyl (C=O) groups excluding carboxylic acids is 2. The number of ether oxygens (including phenoxy) is 1. The zero-order valence-corrected chi connectivity index (χ0v) is 19.1. The summed E-state index contributed by atoms with van der Waals surface area (Å²) < 4.78 is 6.30. The number of halogens is 1. The van der Waals surface area contributed by atoms with E-state index in [1.165, 1.54) is 4.90 Å². The topological polar surface area (TPSA) is 70.1 Å². The van der Waals surface area contributed by atoms with Crippen molar-refractivity contribution in [2.24, 2.45) is 0 Å². The van der Waals surface area contributed by atoms with Crippen LogP contribution in [0.3, 0.4) is 0 Å². The minimum atomic E-state index is -0.687. The highest BCUT2D eigenvalue weighted by Crippen LogP contribution is 2.40. The van der Waals surface area contributed by atoms with Gasteiger partial charge >= 0.3 is 0 Å². The molecule has 1 atom stereocenters. The molecule has 0 bridgehead atoms. The van der Waals surface area contributed by atoms with Crippen LogP contribution in [0.15, 0.2) is 71.2 Å². The molecule has 1 aliphatic rings. The summed E-state index contributed by atoms with van der Waals surface area (Å²) in [5.41, 5.74) is 1.28. The van der Waals surface area contributed by atoms with Crippen LogP contribution in [0.25, 0.3) is 5.76 Å². The Morgan fingerprint density at radius 1 is 1.23 bits per heavy atom. The SMILES string of the molecule is C=CCOc1ccc(C(O)=C2C(=O)C(=O)N(CCN(C)C)C2c2cccc(Br)c2)cc1. The third-order valence-electron chi connectivity index (χ3n) is 4.99. The number of rotatable bonds is 8. The van der Waals surface area contributed by atoms with Gasteiger partial charge in [-0.2, -0.15) is 0 Å². The van der Waals surface area contributed by atoms with Gasteiger partial charge in [-0.15, -0.1) is 0 Å². The fourth-order valence-electron chi connectivity index (χ4n) is 3.46. The lowest BCUT2D eigenvalue weighted by molar-refractivity contribution is -0.140. The van der Waals surface area contributed by atoms with Gasteiger partial charge in [0.1, 0.15) is 18.1 Å². The predicted octanol–water partition coefficient (Wildman–Crippen LogP) is 4.00. The Balaban J connectivity index is 2.07. The molecule has 0 radical (unpaired) electrons. The van der Waals surface area contributed by atoms with E-state index in [-0.39, 0.29) is 11.3 Å². The minimum absolute atomic E-state index is 0.0848. The van der Waals surface area contributed by atoms with E-state index in [4.69, 9.17) is 4.74 Å². The van der Waals surface area contributed by atoms with Crippen molar-refractivity contribution in [3.05, 3.63) is 82.4 Å². The van der Waals surface area contributed by atoms with Crippen molar-refractivity contribution < 1.29 is 19.4 Å². The summed E-state index contributed by atoms with van der Waals surface area (Å²) in [5, 5.41) is 11.1. The number of likely N-dealkylation sites (N-methyl/N-ethyl adjacent to an activating group) is 1. The summed E-state index contributed by atoms with van der Waals surface area (Å²) in [6.45, 7) is 4.93. The lowest BCUT2D eigenvalue weighted by Crippen LogP contribution is -2.35. The fraction of sp³-hybridized carbons (Fsp3) is 0.250. The number of Topliss-reactive ketones (excluding diaryl/α,β-unsaturated/α-hetero) is 1. The second-order valence-electron chi connectivity index (χ2n) is 7.47. The van der Waals surface area contributed by atoms with Crippen LogP contribution in [-0.2, 0) is 9.59 Å². The van der Waals surface area contributed by atoms with Crippen LogP contribution in [-0.4, -0.2) is 60.4 Å². The predicted molar refractivity (Wildman–Crippen MR) is 124 cm³/mol. The average Bonchev–Trinajstić information content (AvgIpc) is 3.01. The Hall–Kier alpha value is -2.90. The number of benzene rings is 2. The second-order valence-corrected chi connectivity index (χ2v) is 8.39. The Bertz CT molecular complexity index is 1010. The van der Waals surface area contributed by atoms with Crippen molar-refractivity contribution in [2.75, 3.05) is 33.8 Å². The first-order valence-corrected chi connectivity index (χ1v) is 10.7. The van der Waals surface area contributed by atoms with Gasteiger partial charge in [0.25, 0.3) is 11.7 Å². The zero-order valence-electron chi connectivity index (χ0n) is 17.5. The number of carbonyl (C=O) groups is 2. The van der Waals surface area contributed by atoms with E-state index in [1.54, 1.807) is 30.3 Å². The second kappa shape index (κ2) is 9.94. The molecule has 0 spiro atoms. The number of likely N-dealkylation sites (tertiary alicyclic amines) is 1. The Kier molecular flexibility index (Phi) is 7.30. The van der Waals surface area contributed by atoms with E-state index in [1.807, 2.05) is 43.3 Å². The maximum Gasteiger partial charge on any atom is 0.295 e. The summed E-state index contributed by atoms with van der Waals surface area (Å²) in [6.07, 6.45) is 1.64. The first kappa shape index (κ1) is 22.8. The van der Waals surface area contributed by atoms with Gasteiger partial charge in [0.05, 0.1) is 11.6 Å². The molecule has 1 saturated heterocycles. The maximum atomic E-state index is 13.0. The molecule has 6 nitrogen and oxygen atoms in total. The Morgan fingerprint density at radius 2 is 1.94 bits per heavy atom. The minimum Gasteiger partial charge on any atom is -0.507 e. The molecule has 2 aromatic carbocycles. The number of nitrogens with zero attached hydrogens (tertiary/aromatic N) is 2. The van der Waals surface area contributed by atoms with Gasteiger partial charge in [0, 0.05) is 23.1 Å². The fourth-order valence-corrected chi connectivity index (χ4v) is 3.88. The van der Waals surface area contributed by atoms with Crippen LogP contribution in [0.1, 0.15) is 17.2 Å². The highest BCUT2D eigenvalue weighted by molar-refractivity contribution is 9.10. The summed E-state index contributed by atoms with van der Waals surface area (Å²) in [5.74, 6) is -0.884. The first-order chi connectivity index (χ1) is 14.8. The van der Waals surface area contributed by atoms with E-state index < -0.39 is 17.7 Å². The molecule has 1 N–H and O–H groups in total. The van der Waals surface area contributed by atoms with E-state index in [2.05, 4.69) is 22.5 Å². The molecule has 7 heteroatoms. The van der Waals surface area contributed by atoms with Crippen molar-refractivity contribution in [1.82, 2.24) is 9.80 Å². The normalized spacial score (nSPS) is 17.9. The van der Waals surface area contributed by atoms with Gasteiger partial charge in [-0.3, -0.25) is 9.59 Å². The number of hydrogen-bond acceptors (Lipinski definition) is 5. The lowest BCUT2D eigenvalue weighted by atomic mass is 9.95. The van der Waals surface area contributed by atoms with E-state index in [0.717, 1.165) is 10.0 Å². The molecule has 1 aliphatic heterocycles. The van der Waals surface area contributed by atoms with Crippen LogP contribution < -0.4 is 4.74 Å². The summed E-state index contributed by atoms with van der Waals surface area (Å²) in [6, 6.07) is 13.5. The summed E-state index contributed by atoms with van der Waals surface area (Å²) >= 11 is 3.46. The quantitative estimate of drug-likeness (QED) is 0.265. The molecular weight excluding hydrogens is 460 g/mol. The molecule has 3 rings (SSSR count). The van der Waals surface area contributed by atoms with Crippen molar-refractivity contribution in [2.45, 2.75) is 6.04 Å². The molecule has 31 heavy (non-hydrogen) atoms. The van der Waals surface area contributed by atoms with Crippen molar-refractivity contribution in [3.8, 4) is 5.75 Å². The maximum absolute atomic E-state index is 13.0. The summed E-state index contributed by atoms with van der Waals surface area (Å²) in [7, 11) is 3.81. The number of aliphatic hydroxyl groups is 1. The number of hydrogen-bond donors (Lipinski definition) is 1. The molecule has 1 amide bonds. The van der Waals surface area contributed by atoms with E-state index >= 15 is 0 Å². The molecule has 0 saturated carbocycles. The Labute approximate surface area is 190 Å². The number of aliphatic hydroxyl groups excluding tert-OH is 1. The van der Waals surface area contributed by atoms with Crippen LogP contribution >= 0.6 is 15.9 Å². The number of amides is 1. The van der Waals surface area contributed by atoms with Crippen LogP contribution in [0.2, 0.25) is 0 Å². The largest absolute Gasteiger partial charge is 0.507 e. The molecule has 1 fully saturated rings. The third kappa shape index (κ3) is 5.06. The molecular formula is C24H25BrN2O4. The summed E-state index contributed by atoms with van der Waals surface area (Å²) in [4.78, 5) is 29.3. The van der Waals surface area contributed by atoms with Gasteiger partial charge in [0.2, 0.25) is 0 Å². The highest BCUT2D eigenvalue weighted by atomic mass is 79.9. The highest BCUT2D eigenvalue weighted by Gasteiger charge is 2.45. The standard InChI is InChI=1S/C24H25BrN2O4/c1-4-14-31-19-10-8-16(9-11-19)22(28)20-21(17-6-5-7-18(25)15-17)27(13-12-26(2)3)24(30)23(20)29/h4-11,15,21,28H,1,12-14H2,2-3H3. The van der Waals surface area contributed by atoms with Crippen LogP contribution in [0, 0.1) is 0 Å². The molecule has 162 valence electrons. The molecule has 0 aliphatic carbocycles. The molecule has 0 aromatic heterocycles. The van der Waals surface area contributed by atoms with Crippen LogP contribution in [0.4, 0.5) is 0 Å². The van der Waals surface area contributed by atoms with Gasteiger partial charge in [-0.05, 0) is 56.1 Å². The van der Waals surface area contributed by atoms with Gasteiger partial charge in [-0.1, -0.05) is 40.7 Å². The lowest BCUT2D eigenvalue weighted by Gasteiger charge is -2.26. The van der Waals surface area contributed by atoms with Crippen molar-refractivity contribution in [1.29, 1.82) is 0 Å². The van der Waals surface area contributed by atoms with E-state index in [9.17, 15) is 14.7 Å². The van der Waals surface area contributed by atoms with Gasteiger partial charge < -0.3 is 19.6 Å². The number of ketones is 1. The van der Waals surface area contributed by atoms with Gasteiger partial charge in [0.15, 0.2) is 0 Å². The zero-order chi connectivity index (χ0) is 22.5. The Morgan fingerprint density at radius 3 is 2.55 bits per heavy atom.